The Kier molecular flexibility index (Phi) is 8.14. The highest BCUT2D eigenvalue weighted by atomic mass is 35.5. The van der Waals surface area contributed by atoms with Crippen molar-refractivity contribution in [2.75, 3.05) is 31.2 Å². The third kappa shape index (κ3) is 5.78. The molecular formula is C28H29Cl2N5O3. The molecule has 0 unspecified atom stereocenters. The highest BCUT2D eigenvalue weighted by Crippen LogP contribution is 2.40. The van der Waals surface area contributed by atoms with Crippen molar-refractivity contribution in [2.24, 2.45) is 0 Å². The van der Waals surface area contributed by atoms with Crippen molar-refractivity contribution in [3.05, 3.63) is 89.1 Å². The summed E-state index contributed by atoms with van der Waals surface area (Å²) in [5, 5.41) is 1.02. The average Bonchev–Trinajstić information content (AvgIpc) is 3.59. The number of anilines is 1. The monoisotopic (exact) mass is 553 g/mol. The Hall–Kier alpha value is -3.17. The Morgan fingerprint density at radius 3 is 2.61 bits per heavy atom. The number of halogens is 2. The first-order chi connectivity index (χ1) is 18.5. The van der Waals surface area contributed by atoms with Gasteiger partial charge in [-0.15, -0.1) is 0 Å². The van der Waals surface area contributed by atoms with E-state index >= 15 is 0 Å². The lowest BCUT2D eigenvalue weighted by Crippen LogP contribution is -2.34. The predicted octanol–water partition coefficient (Wildman–Crippen LogP) is 5.84. The van der Waals surface area contributed by atoms with Gasteiger partial charge in [-0.3, -0.25) is 0 Å². The van der Waals surface area contributed by atoms with Crippen molar-refractivity contribution in [2.45, 2.75) is 32.3 Å². The zero-order valence-electron chi connectivity index (χ0n) is 21.3. The lowest BCUT2D eigenvalue weighted by molar-refractivity contribution is -0.189. The molecule has 2 aromatic carbocycles. The molecule has 38 heavy (non-hydrogen) atoms. The number of hydrogen-bond donors (Lipinski definition) is 0. The van der Waals surface area contributed by atoms with E-state index in [-0.39, 0.29) is 6.10 Å². The van der Waals surface area contributed by atoms with Gasteiger partial charge < -0.3 is 23.7 Å². The molecule has 1 saturated heterocycles. The fraction of sp³-hybridized carbons (Fsp3) is 0.321. The number of aromatic nitrogens is 4. The van der Waals surface area contributed by atoms with Crippen LogP contribution in [0, 0.1) is 0 Å². The molecule has 198 valence electrons. The van der Waals surface area contributed by atoms with Crippen LogP contribution in [0.15, 0.2) is 73.4 Å². The minimum absolute atomic E-state index is 0.302. The summed E-state index contributed by atoms with van der Waals surface area (Å²) in [7, 11) is 0. The number of nitrogens with zero attached hydrogens (tertiary/aromatic N) is 5. The number of hydrogen-bond acceptors (Lipinski definition) is 7. The van der Waals surface area contributed by atoms with Crippen LogP contribution in [-0.4, -0.2) is 51.9 Å². The second-order valence-corrected chi connectivity index (χ2v) is 9.76. The smallest absolute Gasteiger partial charge is 0.225 e. The lowest BCUT2D eigenvalue weighted by atomic mass is 10.1. The molecule has 0 N–H and O–H groups in total. The van der Waals surface area contributed by atoms with E-state index in [9.17, 15) is 0 Å². The van der Waals surface area contributed by atoms with E-state index in [1.165, 1.54) is 0 Å². The molecule has 2 atom stereocenters. The van der Waals surface area contributed by atoms with E-state index in [0.29, 0.717) is 35.4 Å². The third-order valence-corrected chi connectivity index (χ3v) is 6.97. The first-order valence-electron chi connectivity index (χ1n) is 12.5. The molecule has 0 amide bonds. The Balaban J connectivity index is 1.26. The highest BCUT2D eigenvalue weighted by Gasteiger charge is 2.45. The first-order valence-corrected chi connectivity index (χ1v) is 13.3. The maximum absolute atomic E-state index is 6.56. The van der Waals surface area contributed by atoms with Crippen molar-refractivity contribution < 1.29 is 14.2 Å². The maximum Gasteiger partial charge on any atom is 0.225 e. The van der Waals surface area contributed by atoms with Crippen LogP contribution in [0.25, 0.3) is 11.3 Å². The van der Waals surface area contributed by atoms with Crippen LogP contribution in [0.1, 0.15) is 19.4 Å². The standard InChI is InChI=1S/C28H29Cl2N5O3/c1-3-35(4-2)27-32-12-11-26(33-27)20-5-8-22(9-6-20)36-16-23-17-37-28(38-23,18-34-14-13-31-19-34)24-10-7-21(29)15-25(24)30/h5-15,19,23H,3-4,16-18H2,1-2H3/t23-,28-/m1/s1. The summed E-state index contributed by atoms with van der Waals surface area (Å²) in [6, 6.07) is 15.1. The summed E-state index contributed by atoms with van der Waals surface area (Å²) in [5.41, 5.74) is 2.56. The predicted molar refractivity (Wildman–Crippen MR) is 148 cm³/mol. The van der Waals surface area contributed by atoms with Gasteiger partial charge in [-0.2, -0.15) is 0 Å². The Labute approximate surface area is 232 Å². The third-order valence-electron chi connectivity index (χ3n) is 6.43. The molecule has 4 aromatic rings. The van der Waals surface area contributed by atoms with Gasteiger partial charge in [0.1, 0.15) is 18.5 Å². The van der Waals surface area contributed by atoms with Gasteiger partial charge in [-0.05, 0) is 56.3 Å². The molecule has 1 aliphatic rings. The molecule has 0 aliphatic carbocycles. The fourth-order valence-corrected chi connectivity index (χ4v) is 5.01. The molecular weight excluding hydrogens is 525 g/mol. The molecule has 10 heteroatoms. The molecule has 8 nitrogen and oxygen atoms in total. The molecule has 3 heterocycles. The summed E-state index contributed by atoms with van der Waals surface area (Å²) < 4.78 is 20.7. The van der Waals surface area contributed by atoms with Crippen LogP contribution >= 0.6 is 23.2 Å². The van der Waals surface area contributed by atoms with Gasteiger partial charge in [0.2, 0.25) is 11.7 Å². The summed E-state index contributed by atoms with van der Waals surface area (Å²) in [6.07, 6.45) is 6.77. The zero-order valence-corrected chi connectivity index (χ0v) is 22.8. The zero-order chi connectivity index (χ0) is 26.5. The maximum atomic E-state index is 6.56. The Morgan fingerprint density at radius 1 is 1.08 bits per heavy atom. The number of benzene rings is 2. The van der Waals surface area contributed by atoms with Gasteiger partial charge in [0.25, 0.3) is 0 Å². The van der Waals surface area contributed by atoms with E-state index in [0.717, 1.165) is 36.0 Å². The molecule has 0 bridgehead atoms. The van der Waals surface area contributed by atoms with Gasteiger partial charge in [0, 0.05) is 47.8 Å². The molecule has 5 rings (SSSR count). The SMILES string of the molecule is CCN(CC)c1nccc(-c2ccc(OC[C@@H]3CO[C@@](Cn4ccnc4)(c4ccc(Cl)cc4Cl)O3)cc2)n1. The van der Waals surface area contributed by atoms with Gasteiger partial charge in [0.15, 0.2) is 0 Å². The summed E-state index contributed by atoms with van der Waals surface area (Å²) in [4.78, 5) is 15.4. The molecule has 1 fully saturated rings. The van der Waals surface area contributed by atoms with Crippen LogP contribution in [0.3, 0.4) is 0 Å². The number of ether oxygens (including phenoxy) is 3. The van der Waals surface area contributed by atoms with Crippen LogP contribution in [0.5, 0.6) is 5.75 Å². The quantitative estimate of drug-likeness (QED) is 0.244. The molecule has 2 aromatic heterocycles. The Bertz CT molecular complexity index is 1350. The lowest BCUT2D eigenvalue weighted by Gasteiger charge is -2.30. The molecule has 1 aliphatic heterocycles. The van der Waals surface area contributed by atoms with E-state index in [1.54, 1.807) is 30.9 Å². The van der Waals surface area contributed by atoms with Crippen LogP contribution in [-0.2, 0) is 21.8 Å². The minimum Gasteiger partial charge on any atom is -0.491 e. The van der Waals surface area contributed by atoms with Crippen LogP contribution < -0.4 is 9.64 Å². The molecule has 0 spiro atoms. The Morgan fingerprint density at radius 2 is 1.89 bits per heavy atom. The van der Waals surface area contributed by atoms with Crippen molar-refractivity contribution in [1.82, 2.24) is 19.5 Å². The average molecular weight is 554 g/mol. The highest BCUT2D eigenvalue weighted by molar-refractivity contribution is 6.35. The van der Waals surface area contributed by atoms with Crippen molar-refractivity contribution in [1.29, 1.82) is 0 Å². The summed E-state index contributed by atoms with van der Waals surface area (Å²) in [6.45, 7) is 6.94. The second kappa shape index (κ2) is 11.7. The van der Waals surface area contributed by atoms with Gasteiger partial charge in [0.05, 0.1) is 30.2 Å². The minimum atomic E-state index is -1.09. The van der Waals surface area contributed by atoms with Crippen LogP contribution in [0.4, 0.5) is 5.95 Å². The first kappa shape index (κ1) is 26.4. The normalized spacial score (nSPS) is 19.0. The summed E-state index contributed by atoms with van der Waals surface area (Å²) >= 11 is 12.7. The second-order valence-electron chi connectivity index (χ2n) is 8.91. The van der Waals surface area contributed by atoms with Crippen molar-refractivity contribution in [3.63, 3.8) is 0 Å². The van der Waals surface area contributed by atoms with E-state index < -0.39 is 5.79 Å². The van der Waals surface area contributed by atoms with E-state index in [1.807, 2.05) is 47.2 Å². The van der Waals surface area contributed by atoms with E-state index in [2.05, 4.69) is 28.7 Å². The molecule has 0 radical (unpaired) electrons. The van der Waals surface area contributed by atoms with Gasteiger partial charge >= 0.3 is 0 Å². The van der Waals surface area contributed by atoms with Crippen molar-refractivity contribution in [3.8, 4) is 17.0 Å². The summed E-state index contributed by atoms with van der Waals surface area (Å²) in [5.74, 6) is 0.369. The largest absolute Gasteiger partial charge is 0.491 e. The van der Waals surface area contributed by atoms with E-state index in [4.69, 9.17) is 42.4 Å². The topological polar surface area (TPSA) is 74.5 Å². The van der Waals surface area contributed by atoms with Gasteiger partial charge in [-0.25, -0.2) is 15.0 Å². The number of imidazole rings is 1. The van der Waals surface area contributed by atoms with Crippen molar-refractivity contribution >= 4 is 29.2 Å². The van der Waals surface area contributed by atoms with Crippen LogP contribution in [0.2, 0.25) is 10.0 Å². The fourth-order valence-electron chi connectivity index (χ4n) is 4.45. The van der Waals surface area contributed by atoms with Gasteiger partial charge in [-0.1, -0.05) is 29.3 Å². The number of rotatable bonds is 10. The molecule has 0 saturated carbocycles.